The van der Waals surface area contributed by atoms with Crippen LogP contribution in [0, 0.1) is 6.92 Å². The zero-order valence-corrected chi connectivity index (χ0v) is 14.9. The predicted molar refractivity (Wildman–Crippen MR) is 103 cm³/mol. The average Bonchev–Trinajstić information content (AvgIpc) is 2.61. The highest BCUT2D eigenvalue weighted by Gasteiger charge is 2.27. The molecular formula is C19H19N3O2S. The van der Waals surface area contributed by atoms with Crippen molar-refractivity contribution in [3.63, 3.8) is 0 Å². The van der Waals surface area contributed by atoms with E-state index in [0.29, 0.717) is 22.8 Å². The molecule has 1 heterocycles. The van der Waals surface area contributed by atoms with Crippen LogP contribution in [0.25, 0.3) is 0 Å². The van der Waals surface area contributed by atoms with Gasteiger partial charge in [-0.1, -0.05) is 36.4 Å². The second-order valence-electron chi connectivity index (χ2n) is 5.89. The molecule has 0 radical (unpaired) electrons. The lowest BCUT2D eigenvalue weighted by Crippen LogP contribution is -2.35. The summed E-state index contributed by atoms with van der Waals surface area (Å²) < 4.78 is 5.47. The van der Waals surface area contributed by atoms with Gasteiger partial charge in [0, 0.05) is 12.1 Å². The lowest BCUT2D eigenvalue weighted by atomic mass is 9.97. The molecule has 1 atom stereocenters. The molecule has 0 unspecified atom stereocenters. The van der Waals surface area contributed by atoms with Crippen LogP contribution in [0.3, 0.4) is 0 Å². The number of hydrazone groups is 1. The Morgan fingerprint density at radius 3 is 2.72 bits per heavy atom. The maximum atomic E-state index is 12.1. The van der Waals surface area contributed by atoms with Gasteiger partial charge >= 0.3 is 5.97 Å². The third kappa shape index (κ3) is 4.03. The summed E-state index contributed by atoms with van der Waals surface area (Å²) in [7, 11) is 0. The number of carbonyl (C=O) groups is 1. The smallest absolute Gasteiger partial charge is 0.339 e. The van der Waals surface area contributed by atoms with Crippen LogP contribution >= 0.6 is 12.2 Å². The number of nitrogens with one attached hydrogen (secondary N) is 2. The van der Waals surface area contributed by atoms with E-state index in [2.05, 4.69) is 15.8 Å². The lowest BCUT2D eigenvalue weighted by molar-refractivity contribution is 0.0389. The van der Waals surface area contributed by atoms with Crippen LogP contribution in [0.15, 0.2) is 53.6 Å². The Hall–Kier alpha value is -2.73. The van der Waals surface area contributed by atoms with E-state index >= 15 is 0 Å². The van der Waals surface area contributed by atoms with Crippen LogP contribution in [-0.2, 0) is 11.2 Å². The van der Waals surface area contributed by atoms with Crippen LogP contribution in [0.5, 0.6) is 0 Å². The minimum absolute atomic E-state index is 0.318. The molecule has 0 aromatic heterocycles. The second-order valence-corrected chi connectivity index (χ2v) is 6.30. The highest BCUT2D eigenvalue weighted by molar-refractivity contribution is 7.80. The predicted octanol–water partition coefficient (Wildman–Crippen LogP) is 3.44. The monoisotopic (exact) mass is 353 g/mol. The molecule has 0 aliphatic carbocycles. The minimum atomic E-state index is -0.392. The molecule has 0 fully saturated rings. The number of thiocarbonyl (C=S) groups is 1. The first-order valence-electron chi connectivity index (χ1n) is 8.00. The van der Waals surface area contributed by atoms with Gasteiger partial charge in [-0.15, -0.1) is 0 Å². The highest BCUT2D eigenvalue weighted by Crippen LogP contribution is 2.21. The Kier molecular flexibility index (Phi) is 5.09. The average molecular weight is 353 g/mol. The third-order valence-electron chi connectivity index (χ3n) is 4.08. The number of anilines is 1. The number of cyclic esters (lactones) is 1. The van der Waals surface area contributed by atoms with Crippen LogP contribution < -0.4 is 10.7 Å². The summed E-state index contributed by atoms with van der Waals surface area (Å²) in [6, 6.07) is 15.3. The Labute approximate surface area is 152 Å². The zero-order chi connectivity index (χ0) is 17.8. The first kappa shape index (κ1) is 17.1. The number of rotatable bonds is 3. The van der Waals surface area contributed by atoms with Gasteiger partial charge in [-0.2, -0.15) is 5.10 Å². The van der Waals surface area contributed by atoms with Crippen molar-refractivity contribution in [1.82, 2.24) is 5.43 Å². The molecule has 128 valence electrons. The Bertz CT molecular complexity index is 848. The van der Waals surface area contributed by atoms with Crippen LogP contribution in [0.4, 0.5) is 5.69 Å². The van der Waals surface area contributed by atoms with E-state index in [-0.39, 0.29) is 5.97 Å². The topological polar surface area (TPSA) is 62.7 Å². The Balaban J connectivity index is 1.63. The van der Waals surface area contributed by atoms with Crippen molar-refractivity contribution in [3.8, 4) is 0 Å². The molecule has 0 bridgehead atoms. The summed E-state index contributed by atoms with van der Waals surface area (Å²) in [5.41, 5.74) is 7.08. The lowest BCUT2D eigenvalue weighted by Gasteiger charge is -2.24. The third-order valence-corrected chi connectivity index (χ3v) is 4.28. The van der Waals surface area contributed by atoms with Gasteiger partial charge in [-0.3, -0.25) is 5.43 Å². The Morgan fingerprint density at radius 1 is 1.20 bits per heavy atom. The van der Waals surface area contributed by atoms with Crippen molar-refractivity contribution in [1.29, 1.82) is 0 Å². The van der Waals surface area contributed by atoms with Crippen LogP contribution in [0.1, 0.15) is 28.4 Å². The number of esters is 1. The van der Waals surface area contributed by atoms with Crippen LogP contribution in [-0.4, -0.2) is 22.9 Å². The molecular weight excluding hydrogens is 334 g/mol. The second kappa shape index (κ2) is 7.44. The molecule has 2 N–H and O–H groups in total. The maximum absolute atomic E-state index is 12.1. The van der Waals surface area contributed by atoms with Crippen LogP contribution in [0.2, 0.25) is 0 Å². The number of carbonyl (C=O) groups excluding carboxylic acids is 1. The maximum Gasteiger partial charge on any atom is 0.339 e. The van der Waals surface area contributed by atoms with Crippen molar-refractivity contribution < 1.29 is 9.53 Å². The largest absolute Gasteiger partial charge is 0.452 e. The molecule has 0 saturated heterocycles. The minimum Gasteiger partial charge on any atom is -0.452 e. The molecule has 1 aliphatic rings. The molecule has 0 amide bonds. The summed E-state index contributed by atoms with van der Waals surface area (Å²) >= 11 is 5.26. The standard InChI is InChI=1S/C19H19N3O2S/c1-12-7-3-6-10-16(12)20-19(25)22-21-13(2)17-11-14-8-4-5-9-15(14)18(23)24-17/h3-10,17H,11H2,1-2H3,(H2,20,22,25)/b21-13-/t17-/m1/s1. The fourth-order valence-electron chi connectivity index (χ4n) is 2.64. The summed E-state index contributed by atoms with van der Waals surface area (Å²) in [6.07, 6.45) is 0.216. The number of ether oxygens (including phenoxy) is 1. The van der Waals surface area contributed by atoms with E-state index in [1.807, 2.05) is 56.3 Å². The molecule has 2 aromatic carbocycles. The van der Waals surface area contributed by atoms with Gasteiger partial charge in [0.2, 0.25) is 0 Å². The fraction of sp³-hybridized carbons (Fsp3) is 0.211. The molecule has 25 heavy (non-hydrogen) atoms. The van der Waals surface area contributed by atoms with Gasteiger partial charge < -0.3 is 10.1 Å². The molecule has 0 saturated carbocycles. The molecule has 0 spiro atoms. The van der Waals surface area contributed by atoms with E-state index < -0.39 is 6.10 Å². The number of nitrogens with zero attached hydrogens (tertiary/aromatic N) is 1. The van der Waals surface area contributed by atoms with Gasteiger partial charge in [0.25, 0.3) is 0 Å². The van der Waals surface area contributed by atoms with E-state index in [1.165, 1.54) is 0 Å². The van der Waals surface area contributed by atoms with Crippen molar-refractivity contribution in [2.45, 2.75) is 26.4 Å². The number of hydrogen-bond donors (Lipinski definition) is 2. The number of hydrogen-bond acceptors (Lipinski definition) is 4. The molecule has 6 heteroatoms. The molecule has 1 aliphatic heterocycles. The van der Waals surface area contributed by atoms with E-state index in [1.54, 1.807) is 6.07 Å². The Morgan fingerprint density at radius 2 is 1.92 bits per heavy atom. The summed E-state index contributed by atoms with van der Waals surface area (Å²) in [4.78, 5) is 12.1. The van der Waals surface area contributed by atoms with E-state index in [9.17, 15) is 4.79 Å². The molecule has 2 aromatic rings. The van der Waals surface area contributed by atoms with Gasteiger partial charge in [0.05, 0.1) is 11.3 Å². The number of benzene rings is 2. The number of fused-ring (bicyclic) bond motifs is 1. The van der Waals surface area contributed by atoms with Crippen molar-refractivity contribution in [2.75, 3.05) is 5.32 Å². The number of para-hydroxylation sites is 1. The van der Waals surface area contributed by atoms with E-state index in [0.717, 1.165) is 16.8 Å². The van der Waals surface area contributed by atoms with Crippen molar-refractivity contribution in [2.24, 2.45) is 5.10 Å². The van der Waals surface area contributed by atoms with Crippen molar-refractivity contribution >= 4 is 34.7 Å². The highest BCUT2D eigenvalue weighted by atomic mass is 32.1. The summed E-state index contributed by atoms with van der Waals surface area (Å²) in [5.74, 6) is -0.318. The number of aryl methyl sites for hydroxylation is 1. The first-order valence-corrected chi connectivity index (χ1v) is 8.41. The zero-order valence-electron chi connectivity index (χ0n) is 14.1. The normalized spacial score (nSPS) is 16.6. The SMILES string of the molecule is C/C(=N/NC(=S)Nc1ccccc1C)[C@H]1Cc2ccccc2C(=O)O1. The van der Waals surface area contributed by atoms with Gasteiger partial charge in [-0.05, 0) is 49.3 Å². The van der Waals surface area contributed by atoms with Gasteiger partial charge in [-0.25, -0.2) is 4.79 Å². The van der Waals surface area contributed by atoms with Crippen molar-refractivity contribution in [3.05, 3.63) is 65.2 Å². The quantitative estimate of drug-likeness (QED) is 0.383. The van der Waals surface area contributed by atoms with E-state index in [4.69, 9.17) is 17.0 Å². The van der Waals surface area contributed by atoms with Gasteiger partial charge in [0.1, 0.15) is 6.10 Å². The molecule has 3 rings (SSSR count). The summed E-state index contributed by atoms with van der Waals surface area (Å²) in [6.45, 7) is 3.81. The summed E-state index contributed by atoms with van der Waals surface area (Å²) in [5, 5.41) is 7.75. The van der Waals surface area contributed by atoms with Gasteiger partial charge in [0.15, 0.2) is 5.11 Å². The first-order chi connectivity index (χ1) is 12.0. The fourth-order valence-corrected chi connectivity index (χ4v) is 2.79. The molecule has 5 nitrogen and oxygen atoms in total.